The fraction of sp³-hybridized carbons (Fsp3) is 0.500. The molecule has 0 aromatic heterocycles. The first kappa shape index (κ1) is 16.2. The molecule has 1 unspecified atom stereocenters. The number of carbonyl (C=O) groups excluding carboxylic acids is 1. The van der Waals surface area contributed by atoms with Crippen LogP contribution in [0.25, 0.3) is 0 Å². The van der Waals surface area contributed by atoms with E-state index >= 15 is 0 Å². The molecule has 1 amide bonds. The second kappa shape index (κ2) is 7.08. The molecule has 0 spiro atoms. The van der Waals surface area contributed by atoms with E-state index in [2.05, 4.69) is 19.2 Å². The van der Waals surface area contributed by atoms with Crippen LogP contribution in [-0.2, 0) is 4.79 Å². The molecule has 0 aliphatic heterocycles. The fourth-order valence-corrected chi connectivity index (χ4v) is 2.35. The lowest BCUT2D eigenvalue weighted by molar-refractivity contribution is -0.121. The number of carboxylic acids is 1. The zero-order chi connectivity index (χ0) is 15.3. The van der Waals surface area contributed by atoms with E-state index in [1.54, 1.807) is 6.07 Å². The Balaban J connectivity index is 2.90. The van der Waals surface area contributed by atoms with Crippen LogP contribution in [0.2, 0.25) is 0 Å². The summed E-state index contributed by atoms with van der Waals surface area (Å²) in [5.41, 5.74) is 1.62. The van der Waals surface area contributed by atoms with E-state index in [1.165, 1.54) is 12.1 Å². The topological polar surface area (TPSA) is 66.4 Å². The van der Waals surface area contributed by atoms with Gasteiger partial charge in [0.25, 0.3) is 0 Å². The average Bonchev–Trinajstić information content (AvgIpc) is 2.42. The molecule has 0 aliphatic carbocycles. The van der Waals surface area contributed by atoms with Crippen molar-refractivity contribution in [2.75, 3.05) is 5.32 Å². The molecule has 1 rings (SSSR count). The molecule has 1 aromatic carbocycles. The molecule has 0 radical (unpaired) electrons. The predicted octanol–water partition coefficient (Wildman–Crippen LogP) is 3.70. The van der Waals surface area contributed by atoms with Crippen molar-refractivity contribution in [1.82, 2.24) is 0 Å². The van der Waals surface area contributed by atoms with Gasteiger partial charge in [0, 0.05) is 11.6 Å². The summed E-state index contributed by atoms with van der Waals surface area (Å²) in [5, 5.41) is 11.8. The molecule has 110 valence electrons. The van der Waals surface area contributed by atoms with E-state index in [0.29, 0.717) is 11.6 Å². The monoisotopic (exact) mass is 277 g/mol. The first-order chi connectivity index (χ1) is 9.40. The highest BCUT2D eigenvalue weighted by atomic mass is 16.4. The third-order valence-corrected chi connectivity index (χ3v) is 3.91. The first-order valence-electron chi connectivity index (χ1n) is 7.05. The number of hydrogen-bond donors (Lipinski definition) is 2. The number of aromatic carboxylic acids is 1. The number of hydrogen-bond acceptors (Lipinski definition) is 2. The highest BCUT2D eigenvalue weighted by Gasteiger charge is 2.21. The van der Waals surface area contributed by atoms with Crippen molar-refractivity contribution in [3.63, 3.8) is 0 Å². The van der Waals surface area contributed by atoms with Gasteiger partial charge in [0.05, 0.1) is 5.56 Å². The lowest BCUT2D eigenvalue weighted by Gasteiger charge is -2.21. The molecule has 1 aromatic rings. The lowest BCUT2D eigenvalue weighted by Crippen LogP contribution is -2.27. The Morgan fingerprint density at radius 2 is 1.85 bits per heavy atom. The van der Waals surface area contributed by atoms with Gasteiger partial charge >= 0.3 is 5.97 Å². The number of benzene rings is 1. The Hall–Kier alpha value is -1.84. The standard InChI is InChI=1S/C16H23NO3/c1-5-12(6-2)11(4)15(18)17-14-9-13(16(19)20)8-7-10(14)3/h7-9,11-12H,5-6H2,1-4H3,(H,17,18)(H,19,20). The Labute approximate surface area is 120 Å². The zero-order valence-corrected chi connectivity index (χ0v) is 12.6. The smallest absolute Gasteiger partial charge is 0.335 e. The minimum atomic E-state index is -0.992. The van der Waals surface area contributed by atoms with Crippen molar-refractivity contribution in [1.29, 1.82) is 0 Å². The van der Waals surface area contributed by atoms with Gasteiger partial charge in [-0.3, -0.25) is 4.79 Å². The SMILES string of the molecule is CCC(CC)C(C)C(=O)Nc1cc(C(=O)O)ccc1C. The molecular weight excluding hydrogens is 254 g/mol. The second-order valence-corrected chi connectivity index (χ2v) is 5.19. The summed E-state index contributed by atoms with van der Waals surface area (Å²) < 4.78 is 0. The molecular formula is C16H23NO3. The molecule has 4 heteroatoms. The number of carboxylic acid groups (broad SMARTS) is 1. The maximum absolute atomic E-state index is 12.2. The number of carbonyl (C=O) groups is 2. The molecule has 20 heavy (non-hydrogen) atoms. The van der Waals surface area contributed by atoms with Gasteiger partial charge < -0.3 is 10.4 Å². The van der Waals surface area contributed by atoms with Gasteiger partial charge in [-0.25, -0.2) is 4.79 Å². The predicted molar refractivity (Wildman–Crippen MR) is 80.0 cm³/mol. The van der Waals surface area contributed by atoms with Crippen molar-refractivity contribution >= 4 is 17.6 Å². The molecule has 0 aliphatic rings. The number of aryl methyl sites for hydroxylation is 1. The summed E-state index contributed by atoms with van der Waals surface area (Å²) >= 11 is 0. The van der Waals surface area contributed by atoms with Crippen LogP contribution in [0.3, 0.4) is 0 Å². The maximum Gasteiger partial charge on any atom is 0.335 e. The van der Waals surface area contributed by atoms with Gasteiger partial charge in [0.2, 0.25) is 5.91 Å². The summed E-state index contributed by atoms with van der Waals surface area (Å²) in [6, 6.07) is 4.76. The third-order valence-electron chi connectivity index (χ3n) is 3.91. The van der Waals surface area contributed by atoms with E-state index in [9.17, 15) is 9.59 Å². The van der Waals surface area contributed by atoms with Crippen molar-refractivity contribution in [3.05, 3.63) is 29.3 Å². The molecule has 0 heterocycles. The van der Waals surface area contributed by atoms with E-state index in [1.807, 2.05) is 13.8 Å². The third kappa shape index (κ3) is 3.83. The molecule has 0 bridgehead atoms. The summed E-state index contributed by atoms with van der Waals surface area (Å²) in [4.78, 5) is 23.2. The Kier molecular flexibility index (Phi) is 5.74. The molecule has 0 saturated heterocycles. The van der Waals surface area contributed by atoms with Gasteiger partial charge in [-0.15, -0.1) is 0 Å². The Bertz CT molecular complexity index is 492. The van der Waals surface area contributed by atoms with Crippen LogP contribution in [0.5, 0.6) is 0 Å². The number of nitrogens with one attached hydrogen (secondary N) is 1. The maximum atomic E-state index is 12.2. The molecule has 0 saturated carbocycles. The van der Waals surface area contributed by atoms with Crippen LogP contribution in [0, 0.1) is 18.8 Å². The summed E-state index contributed by atoms with van der Waals surface area (Å²) in [5.74, 6) is -0.784. The Morgan fingerprint density at radius 1 is 1.25 bits per heavy atom. The van der Waals surface area contributed by atoms with Crippen molar-refractivity contribution < 1.29 is 14.7 Å². The normalized spacial score (nSPS) is 12.2. The molecule has 1 atom stereocenters. The number of amides is 1. The second-order valence-electron chi connectivity index (χ2n) is 5.19. The summed E-state index contributed by atoms with van der Waals surface area (Å²) in [6.07, 6.45) is 1.92. The van der Waals surface area contributed by atoms with E-state index in [0.717, 1.165) is 18.4 Å². The average molecular weight is 277 g/mol. The lowest BCUT2D eigenvalue weighted by atomic mass is 9.88. The van der Waals surface area contributed by atoms with Crippen molar-refractivity contribution in [3.8, 4) is 0 Å². The Morgan fingerprint density at radius 3 is 2.35 bits per heavy atom. The van der Waals surface area contributed by atoms with Crippen LogP contribution in [0.4, 0.5) is 5.69 Å². The highest BCUT2D eigenvalue weighted by Crippen LogP contribution is 2.23. The van der Waals surface area contributed by atoms with Crippen molar-refractivity contribution in [2.45, 2.75) is 40.5 Å². The molecule has 2 N–H and O–H groups in total. The minimum absolute atomic E-state index is 0.0515. The first-order valence-corrected chi connectivity index (χ1v) is 7.05. The fourth-order valence-electron chi connectivity index (χ4n) is 2.35. The summed E-state index contributed by atoms with van der Waals surface area (Å²) in [6.45, 7) is 7.93. The van der Waals surface area contributed by atoms with Crippen LogP contribution in [0.1, 0.15) is 49.5 Å². The number of rotatable bonds is 6. The number of anilines is 1. The van der Waals surface area contributed by atoms with Crippen LogP contribution < -0.4 is 5.32 Å². The largest absolute Gasteiger partial charge is 0.478 e. The van der Waals surface area contributed by atoms with Gasteiger partial charge in [-0.2, -0.15) is 0 Å². The quantitative estimate of drug-likeness (QED) is 0.833. The van der Waals surface area contributed by atoms with E-state index < -0.39 is 5.97 Å². The minimum Gasteiger partial charge on any atom is -0.478 e. The highest BCUT2D eigenvalue weighted by molar-refractivity contribution is 5.95. The van der Waals surface area contributed by atoms with Crippen molar-refractivity contribution in [2.24, 2.45) is 11.8 Å². The van der Waals surface area contributed by atoms with Crippen LogP contribution >= 0.6 is 0 Å². The van der Waals surface area contributed by atoms with E-state index in [-0.39, 0.29) is 17.4 Å². The molecule has 0 fully saturated rings. The zero-order valence-electron chi connectivity index (χ0n) is 12.6. The van der Waals surface area contributed by atoms with Gasteiger partial charge in [-0.05, 0) is 30.5 Å². The van der Waals surface area contributed by atoms with Gasteiger partial charge in [-0.1, -0.05) is 39.7 Å². The van der Waals surface area contributed by atoms with Gasteiger partial charge in [0.1, 0.15) is 0 Å². The van der Waals surface area contributed by atoms with Gasteiger partial charge in [0.15, 0.2) is 0 Å². The summed E-state index contributed by atoms with van der Waals surface area (Å²) in [7, 11) is 0. The molecule has 4 nitrogen and oxygen atoms in total. The van der Waals surface area contributed by atoms with Crippen LogP contribution in [0.15, 0.2) is 18.2 Å². The van der Waals surface area contributed by atoms with E-state index in [4.69, 9.17) is 5.11 Å². The van der Waals surface area contributed by atoms with Crippen LogP contribution in [-0.4, -0.2) is 17.0 Å².